The van der Waals surface area contributed by atoms with Crippen LogP contribution in [0.3, 0.4) is 0 Å². The smallest absolute Gasteiger partial charge is 0.267 e. The first kappa shape index (κ1) is 16.3. The lowest BCUT2D eigenvalue weighted by Gasteiger charge is -2.08. The second-order valence-electron chi connectivity index (χ2n) is 6.10. The number of carbonyl (C=O) groups excluding carboxylic acids is 1. The summed E-state index contributed by atoms with van der Waals surface area (Å²) in [5, 5.41) is 3.60. The Labute approximate surface area is 143 Å². The Balaban J connectivity index is 1.93. The van der Waals surface area contributed by atoms with Crippen LogP contribution in [0.25, 0.3) is 10.2 Å². The fourth-order valence-electron chi connectivity index (χ4n) is 2.65. The van der Waals surface area contributed by atoms with Crippen LogP contribution in [0.5, 0.6) is 0 Å². The van der Waals surface area contributed by atoms with E-state index in [2.05, 4.69) is 24.1 Å². The molecule has 0 radical (unpaired) electrons. The van der Waals surface area contributed by atoms with Crippen molar-refractivity contribution < 1.29 is 4.79 Å². The molecule has 0 bridgehead atoms. The molecule has 0 spiro atoms. The summed E-state index contributed by atoms with van der Waals surface area (Å²) in [6.07, 6.45) is 0. The molecule has 0 aliphatic carbocycles. The van der Waals surface area contributed by atoms with Crippen molar-refractivity contribution in [2.75, 3.05) is 11.1 Å². The highest BCUT2D eigenvalue weighted by molar-refractivity contribution is 7.21. The lowest BCUT2D eigenvalue weighted by molar-refractivity contribution is 0.103. The Morgan fingerprint density at radius 2 is 1.92 bits per heavy atom. The van der Waals surface area contributed by atoms with Crippen LogP contribution < -0.4 is 16.6 Å². The van der Waals surface area contributed by atoms with Gasteiger partial charge in [-0.3, -0.25) is 9.59 Å². The summed E-state index contributed by atoms with van der Waals surface area (Å²) in [4.78, 5) is 27.9. The molecule has 124 valence electrons. The molecule has 0 unspecified atom stereocenters. The van der Waals surface area contributed by atoms with Gasteiger partial charge in [-0.25, -0.2) is 0 Å². The number of hydrogen-bond acceptors (Lipinski definition) is 4. The van der Waals surface area contributed by atoms with Gasteiger partial charge in [0.25, 0.3) is 5.91 Å². The molecule has 0 saturated heterocycles. The van der Waals surface area contributed by atoms with E-state index in [4.69, 9.17) is 5.73 Å². The third-order valence-electron chi connectivity index (χ3n) is 3.97. The first-order chi connectivity index (χ1) is 11.4. The average molecular weight is 341 g/mol. The predicted molar refractivity (Wildman–Crippen MR) is 100 cm³/mol. The Kier molecular flexibility index (Phi) is 4.15. The first-order valence-corrected chi connectivity index (χ1v) is 8.51. The molecule has 3 rings (SSSR count). The zero-order valence-electron chi connectivity index (χ0n) is 13.8. The van der Waals surface area contributed by atoms with Crippen LogP contribution in [0.1, 0.15) is 40.6 Å². The van der Waals surface area contributed by atoms with E-state index in [0.29, 0.717) is 27.0 Å². The minimum Gasteiger partial charge on any atom is -0.397 e. The number of amides is 1. The SMILES string of the molecule is Cc1cc(=O)[nH]c2sc(C(=O)Nc3ccc(C(C)C)cc3)c(N)c12. The number of nitrogen functional groups attached to an aromatic ring is 1. The van der Waals surface area contributed by atoms with Crippen molar-refractivity contribution in [3.63, 3.8) is 0 Å². The summed E-state index contributed by atoms with van der Waals surface area (Å²) in [5.74, 6) is 0.166. The zero-order chi connectivity index (χ0) is 17.4. The second kappa shape index (κ2) is 6.13. The number of anilines is 2. The minimum atomic E-state index is -0.272. The summed E-state index contributed by atoms with van der Waals surface area (Å²) >= 11 is 1.20. The van der Waals surface area contributed by atoms with Crippen LogP contribution in [-0.2, 0) is 0 Å². The van der Waals surface area contributed by atoms with Gasteiger partial charge >= 0.3 is 0 Å². The fourth-order valence-corrected chi connectivity index (χ4v) is 3.73. The highest BCUT2D eigenvalue weighted by Gasteiger charge is 2.18. The fraction of sp³-hybridized carbons (Fsp3) is 0.222. The van der Waals surface area contributed by atoms with Crippen molar-refractivity contribution in [3.8, 4) is 0 Å². The van der Waals surface area contributed by atoms with Gasteiger partial charge < -0.3 is 16.0 Å². The van der Waals surface area contributed by atoms with E-state index in [1.165, 1.54) is 23.0 Å². The van der Waals surface area contributed by atoms with Gasteiger partial charge in [-0.1, -0.05) is 26.0 Å². The predicted octanol–water partition coefficient (Wildman–Crippen LogP) is 3.86. The average Bonchev–Trinajstić information content (AvgIpc) is 2.84. The number of thiophene rings is 1. The van der Waals surface area contributed by atoms with Crippen LogP contribution in [0.15, 0.2) is 35.1 Å². The molecule has 0 atom stereocenters. The van der Waals surface area contributed by atoms with Gasteiger partial charge in [-0.15, -0.1) is 11.3 Å². The maximum absolute atomic E-state index is 12.5. The highest BCUT2D eigenvalue weighted by atomic mass is 32.1. The topological polar surface area (TPSA) is 88.0 Å². The summed E-state index contributed by atoms with van der Waals surface area (Å²) in [6.45, 7) is 6.05. The summed E-state index contributed by atoms with van der Waals surface area (Å²) in [5.41, 5.74) is 9.03. The molecular formula is C18H19N3O2S. The number of benzene rings is 1. The van der Waals surface area contributed by atoms with Crippen molar-refractivity contribution >= 4 is 38.8 Å². The monoisotopic (exact) mass is 341 g/mol. The van der Waals surface area contributed by atoms with Crippen LogP contribution in [0.2, 0.25) is 0 Å². The van der Waals surface area contributed by atoms with E-state index < -0.39 is 0 Å². The van der Waals surface area contributed by atoms with Gasteiger partial charge in [0.15, 0.2) is 0 Å². The normalized spacial score (nSPS) is 11.2. The van der Waals surface area contributed by atoms with Crippen molar-refractivity contribution in [2.45, 2.75) is 26.7 Å². The van der Waals surface area contributed by atoms with Gasteiger partial charge in [-0.05, 0) is 36.1 Å². The number of pyridine rings is 1. The van der Waals surface area contributed by atoms with Crippen LogP contribution in [0, 0.1) is 6.92 Å². The first-order valence-electron chi connectivity index (χ1n) is 7.70. The van der Waals surface area contributed by atoms with Gasteiger partial charge in [0, 0.05) is 17.1 Å². The van der Waals surface area contributed by atoms with Gasteiger partial charge in [-0.2, -0.15) is 0 Å². The maximum Gasteiger partial charge on any atom is 0.267 e. The Bertz CT molecular complexity index is 968. The van der Waals surface area contributed by atoms with Crippen LogP contribution >= 0.6 is 11.3 Å². The molecule has 4 N–H and O–H groups in total. The molecule has 1 aromatic carbocycles. The lowest BCUT2D eigenvalue weighted by atomic mass is 10.0. The Morgan fingerprint density at radius 1 is 1.25 bits per heavy atom. The van der Waals surface area contributed by atoms with Gasteiger partial charge in [0.1, 0.15) is 9.71 Å². The summed E-state index contributed by atoms with van der Waals surface area (Å²) in [7, 11) is 0. The number of hydrogen-bond donors (Lipinski definition) is 3. The summed E-state index contributed by atoms with van der Waals surface area (Å²) in [6, 6.07) is 9.23. The quantitative estimate of drug-likeness (QED) is 0.676. The number of carbonyl (C=O) groups is 1. The van der Waals surface area contributed by atoms with E-state index in [0.717, 1.165) is 10.9 Å². The number of H-pyrrole nitrogens is 1. The lowest BCUT2D eigenvalue weighted by Crippen LogP contribution is -2.12. The van der Waals surface area contributed by atoms with E-state index in [1.54, 1.807) is 0 Å². The number of rotatable bonds is 3. The standard InChI is InChI=1S/C18H19N3O2S/c1-9(2)11-4-6-12(7-5-11)20-17(23)16-15(19)14-10(3)8-13(22)21-18(14)24-16/h4-9H,19H2,1-3H3,(H,20,23)(H,21,22). The molecule has 5 nitrogen and oxygen atoms in total. The van der Waals surface area contributed by atoms with Gasteiger partial charge in [0.2, 0.25) is 5.56 Å². The largest absolute Gasteiger partial charge is 0.397 e. The number of fused-ring (bicyclic) bond motifs is 1. The van der Waals surface area contributed by atoms with Crippen molar-refractivity contribution in [3.05, 3.63) is 56.7 Å². The number of aromatic amines is 1. The Morgan fingerprint density at radius 3 is 2.54 bits per heavy atom. The van der Waals surface area contributed by atoms with Crippen molar-refractivity contribution in [2.24, 2.45) is 0 Å². The number of nitrogens with one attached hydrogen (secondary N) is 2. The molecule has 2 heterocycles. The molecule has 6 heteroatoms. The molecule has 3 aromatic rings. The van der Waals surface area contributed by atoms with Gasteiger partial charge in [0.05, 0.1) is 5.69 Å². The molecule has 24 heavy (non-hydrogen) atoms. The maximum atomic E-state index is 12.5. The molecule has 2 aromatic heterocycles. The summed E-state index contributed by atoms with van der Waals surface area (Å²) < 4.78 is 0. The third kappa shape index (κ3) is 2.92. The molecule has 1 amide bonds. The Hall–Kier alpha value is -2.60. The molecule has 0 saturated carbocycles. The third-order valence-corrected chi connectivity index (χ3v) is 5.09. The van der Waals surface area contributed by atoms with E-state index >= 15 is 0 Å². The highest BCUT2D eigenvalue weighted by Crippen LogP contribution is 2.34. The molecular weight excluding hydrogens is 322 g/mol. The van der Waals surface area contributed by atoms with E-state index in [1.807, 2.05) is 31.2 Å². The number of nitrogens with two attached hydrogens (primary N) is 1. The molecule has 0 fully saturated rings. The van der Waals surface area contributed by atoms with E-state index in [9.17, 15) is 9.59 Å². The second-order valence-corrected chi connectivity index (χ2v) is 7.12. The van der Waals surface area contributed by atoms with Crippen LogP contribution in [0.4, 0.5) is 11.4 Å². The van der Waals surface area contributed by atoms with Crippen molar-refractivity contribution in [1.82, 2.24) is 4.98 Å². The number of aryl methyl sites for hydroxylation is 1. The number of aromatic nitrogens is 1. The molecule has 0 aliphatic rings. The molecule has 0 aliphatic heterocycles. The van der Waals surface area contributed by atoms with E-state index in [-0.39, 0.29) is 11.5 Å². The van der Waals surface area contributed by atoms with Crippen LogP contribution in [-0.4, -0.2) is 10.9 Å². The minimum absolute atomic E-state index is 0.197. The van der Waals surface area contributed by atoms with Crippen molar-refractivity contribution in [1.29, 1.82) is 0 Å². The zero-order valence-corrected chi connectivity index (χ0v) is 14.6.